The van der Waals surface area contributed by atoms with Gasteiger partial charge in [0.2, 0.25) is 5.91 Å². The van der Waals surface area contributed by atoms with Crippen LogP contribution in [0, 0.1) is 0 Å². The first-order chi connectivity index (χ1) is 8.16. The summed E-state index contributed by atoms with van der Waals surface area (Å²) in [6.45, 7) is 6.31. The summed E-state index contributed by atoms with van der Waals surface area (Å²) in [6, 6.07) is 0. The second-order valence-corrected chi connectivity index (χ2v) is 6.25. The van der Waals surface area contributed by atoms with E-state index in [0.29, 0.717) is 19.4 Å². The normalized spacial score (nSPS) is 10.2. The Bertz CT molecular complexity index is 226. The number of carbonyl (C=O) groups excluding carboxylic acids is 2. The van der Waals surface area contributed by atoms with Gasteiger partial charge in [0.15, 0.2) is 0 Å². The second kappa shape index (κ2) is 12.3. The van der Waals surface area contributed by atoms with Crippen molar-refractivity contribution in [3.63, 3.8) is 0 Å². The Labute approximate surface area is 111 Å². The van der Waals surface area contributed by atoms with Crippen LogP contribution < -0.4 is 10.6 Å². The molecule has 100 valence electrons. The first-order valence-electron chi connectivity index (χ1n) is 5.88. The summed E-state index contributed by atoms with van der Waals surface area (Å²) in [6.07, 6.45) is 0.657. The summed E-state index contributed by atoms with van der Waals surface area (Å²) in [5, 5.41) is 6.05. The molecule has 4 nitrogen and oxygen atoms in total. The lowest BCUT2D eigenvalue weighted by molar-refractivity contribution is -0.124. The highest BCUT2D eigenvalue weighted by Gasteiger charge is 2.02. The molecule has 0 aliphatic carbocycles. The Balaban J connectivity index is 3.16. The maximum Gasteiger partial charge on any atom is 0.220 e. The predicted molar refractivity (Wildman–Crippen MR) is 76.4 cm³/mol. The average molecular weight is 278 g/mol. The molecular formula is C11H22N2O2S2. The van der Waals surface area contributed by atoms with Crippen molar-refractivity contribution in [2.24, 2.45) is 0 Å². The molecule has 17 heavy (non-hydrogen) atoms. The van der Waals surface area contributed by atoms with Gasteiger partial charge in [-0.25, -0.2) is 0 Å². The van der Waals surface area contributed by atoms with Gasteiger partial charge in [-0.1, -0.05) is 28.5 Å². The zero-order chi connectivity index (χ0) is 12.9. The van der Waals surface area contributed by atoms with Crippen LogP contribution in [0.1, 0.15) is 26.7 Å². The van der Waals surface area contributed by atoms with E-state index in [0.717, 1.165) is 24.6 Å². The third kappa shape index (κ3) is 13.7. The molecule has 0 heterocycles. The summed E-state index contributed by atoms with van der Waals surface area (Å²) in [5.74, 6) is 2.02. The van der Waals surface area contributed by atoms with Gasteiger partial charge in [-0.15, -0.1) is 0 Å². The van der Waals surface area contributed by atoms with Crippen LogP contribution in [0.3, 0.4) is 0 Å². The number of hydrogen-bond donors (Lipinski definition) is 2. The van der Waals surface area contributed by atoms with Crippen LogP contribution in [0.4, 0.5) is 0 Å². The lowest BCUT2D eigenvalue weighted by atomic mass is 10.2. The molecule has 0 fully saturated rings. The SMILES string of the molecule is CCNCCSSCCNC(=O)CCC(C)=O. The van der Waals surface area contributed by atoms with Crippen molar-refractivity contribution in [1.29, 1.82) is 0 Å². The number of hydrogen-bond acceptors (Lipinski definition) is 5. The molecule has 0 aromatic heterocycles. The van der Waals surface area contributed by atoms with E-state index in [1.54, 1.807) is 10.8 Å². The lowest BCUT2D eigenvalue weighted by Crippen LogP contribution is -2.25. The maximum absolute atomic E-state index is 11.2. The Morgan fingerprint density at radius 1 is 1.06 bits per heavy atom. The number of Topliss-reactive ketones (excluding diaryl/α,β-unsaturated/α-hetero) is 1. The third-order valence-corrected chi connectivity index (χ3v) is 4.32. The molecule has 0 aromatic carbocycles. The number of ketones is 1. The summed E-state index contributed by atoms with van der Waals surface area (Å²) < 4.78 is 0. The van der Waals surface area contributed by atoms with Gasteiger partial charge >= 0.3 is 0 Å². The Kier molecular flexibility index (Phi) is 12.1. The minimum absolute atomic E-state index is 0.0292. The van der Waals surface area contributed by atoms with Crippen molar-refractivity contribution < 1.29 is 9.59 Å². The number of rotatable bonds is 11. The Morgan fingerprint density at radius 2 is 1.71 bits per heavy atom. The van der Waals surface area contributed by atoms with E-state index in [2.05, 4.69) is 17.6 Å². The molecule has 0 aliphatic heterocycles. The van der Waals surface area contributed by atoms with Gasteiger partial charge in [0.1, 0.15) is 5.78 Å². The van der Waals surface area contributed by atoms with Gasteiger partial charge in [-0.3, -0.25) is 4.79 Å². The van der Waals surface area contributed by atoms with Crippen molar-refractivity contribution in [2.75, 3.05) is 31.1 Å². The standard InChI is InChI=1S/C11H22N2O2S2/c1-3-12-6-8-16-17-9-7-13-11(15)5-4-10(2)14/h12H,3-9H2,1-2H3,(H,13,15). The molecule has 6 heteroatoms. The fourth-order valence-electron chi connectivity index (χ4n) is 1.02. The second-order valence-electron chi connectivity index (χ2n) is 3.55. The molecular weight excluding hydrogens is 256 g/mol. The quantitative estimate of drug-likeness (QED) is 0.443. The first kappa shape index (κ1) is 16.8. The van der Waals surface area contributed by atoms with Crippen LogP contribution in [0.5, 0.6) is 0 Å². The molecule has 0 aliphatic rings. The molecule has 0 saturated heterocycles. The molecule has 0 bridgehead atoms. The summed E-state index contributed by atoms with van der Waals surface area (Å²) in [5.41, 5.74) is 0. The highest BCUT2D eigenvalue weighted by molar-refractivity contribution is 8.76. The van der Waals surface area contributed by atoms with Crippen molar-refractivity contribution in [1.82, 2.24) is 10.6 Å². The zero-order valence-electron chi connectivity index (χ0n) is 10.6. The van der Waals surface area contributed by atoms with E-state index in [4.69, 9.17) is 0 Å². The van der Waals surface area contributed by atoms with Crippen molar-refractivity contribution in [3.8, 4) is 0 Å². The summed E-state index contributed by atoms with van der Waals surface area (Å²) in [4.78, 5) is 21.9. The minimum Gasteiger partial charge on any atom is -0.355 e. The highest BCUT2D eigenvalue weighted by Crippen LogP contribution is 2.19. The van der Waals surface area contributed by atoms with E-state index in [1.807, 2.05) is 10.8 Å². The monoisotopic (exact) mass is 278 g/mol. The summed E-state index contributed by atoms with van der Waals surface area (Å²) in [7, 11) is 3.58. The van der Waals surface area contributed by atoms with Crippen LogP contribution in [-0.4, -0.2) is 42.8 Å². The molecule has 0 unspecified atom stereocenters. The van der Waals surface area contributed by atoms with E-state index < -0.39 is 0 Å². The molecule has 0 radical (unpaired) electrons. The fourth-order valence-corrected chi connectivity index (χ4v) is 2.87. The van der Waals surface area contributed by atoms with Gasteiger partial charge in [0.25, 0.3) is 0 Å². The van der Waals surface area contributed by atoms with Crippen molar-refractivity contribution in [2.45, 2.75) is 26.7 Å². The van der Waals surface area contributed by atoms with Crippen LogP contribution in [0.2, 0.25) is 0 Å². The van der Waals surface area contributed by atoms with E-state index >= 15 is 0 Å². The number of amides is 1. The molecule has 2 N–H and O–H groups in total. The van der Waals surface area contributed by atoms with E-state index in [1.165, 1.54) is 6.92 Å². The molecule has 1 amide bonds. The first-order valence-corrected chi connectivity index (χ1v) is 8.37. The maximum atomic E-state index is 11.2. The van der Waals surface area contributed by atoms with Crippen LogP contribution in [0.15, 0.2) is 0 Å². The topological polar surface area (TPSA) is 58.2 Å². The van der Waals surface area contributed by atoms with Crippen LogP contribution in [-0.2, 0) is 9.59 Å². The molecule has 0 rings (SSSR count). The fraction of sp³-hybridized carbons (Fsp3) is 0.818. The van der Waals surface area contributed by atoms with Crippen LogP contribution in [0.25, 0.3) is 0 Å². The van der Waals surface area contributed by atoms with Crippen molar-refractivity contribution >= 4 is 33.3 Å². The largest absolute Gasteiger partial charge is 0.355 e. The molecule has 0 aromatic rings. The van der Waals surface area contributed by atoms with E-state index in [9.17, 15) is 9.59 Å². The third-order valence-electron chi connectivity index (χ3n) is 1.91. The minimum atomic E-state index is -0.0292. The van der Waals surface area contributed by atoms with Gasteiger partial charge in [0, 0.05) is 37.4 Å². The highest BCUT2D eigenvalue weighted by atomic mass is 33.1. The van der Waals surface area contributed by atoms with Gasteiger partial charge in [0.05, 0.1) is 0 Å². The van der Waals surface area contributed by atoms with Crippen molar-refractivity contribution in [3.05, 3.63) is 0 Å². The predicted octanol–water partition coefficient (Wildman–Crippen LogP) is 1.46. The lowest BCUT2D eigenvalue weighted by Gasteiger charge is -2.04. The zero-order valence-corrected chi connectivity index (χ0v) is 12.2. The number of nitrogens with one attached hydrogen (secondary N) is 2. The smallest absolute Gasteiger partial charge is 0.220 e. The van der Waals surface area contributed by atoms with E-state index in [-0.39, 0.29) is 11.7 Å². The Morgan fingerprint density at radius 3 is 2.29 bits per heavy atom. The van der Waals surface area contributed by atoms with Gasteiger partial charge in [-0.2, -0.15) is 0 Å². The molecule has 0 saturated carbocycles. The number of carbonyl (C=O) groups is 2. The van der Waals surface area contributed by atoms with Gasteiger partial charge < -0.3 is 15.4 Å². The molecule has 0 atom stereocenters. The van der Waals surface area contributed by atoms with Crippen LogP contribution >= 0.6 is 21.6 Å². The Hall–Kier alpha value is -0.200. The molecule has 0 spiro atoms. The van der Waals surface area contributed by atoms with Gasteiger partial charge in [-0.05, 0) is 13.5 Å². The average Bonchev–Trinajstić information content (AvgIpc) is 2.30. The summed E-state index contributed by atoms with van der Waals surface area (Å²) >= 11 is 0.